The van der Waals surface area contributed by atoms with Crippen LogP contribution in [0.25, 0.3) is 11.1 Å². The molecule has 0 saturated carbocycles. The Morgan fingerprint density at radius 2 is 1.30 bits per heavy atom. The maximum atomic E-state index is 12.5. The number of benzene rings is 2. The standard InChI is InChI=1S/C30H33NO12/c1-16(32)40-24-25(41-17(2)33)27(42-18(3)34)29(43-26(24)28(35)37-4)38-14-13-31-30(36)39-15-23-21-11-7-5-9-19(21)20-10-6-8-12-22(20)23/h5-12,23-27,29H,13-15H2,1-4H3,(H,31,36)/t24-,25?,26?,27?,29?/m0/s1. The number of fused-ring (bicyclic) bond motifs is 3. The number of hydrogen-bond donors (Lipinski definition) is 1. The lowest BCUT2D eigenvalue weighted by atomic mass is 9.97. The van der Waals surface area contributed by atoms with E-state index in [2.05, 4.69) is 5.32 Å². The maximum Gasteiger partial charge on any atom is 0.407 e. The van der Waals surface area contributed by atoms with E-state index in [1.807, 2.05) is 48.5 Å². The second kappa shape index (κ2) is 14.1. The second-order valence-corrected chi connectivity index (χ2v) is 9.79. The summed E-state index contributed by atoms with van der Waals surface area (Å²) in [6.45, 7) is 3.14. The van der Waals surface area contributed by atoms with E-state index in [0.717, 1.165) is 50.1 Å². The van der Waals surface area contributed by atoms with E-state index < -0.39 is 60.7 Å². The molecular formula is C30H33NO12. The Hall–Kier alpha value is -4.49. The van der Waals surface area contributed by atoms with Crippen molar-refractivity contribution < 1.29 is 57.1 Å². The summed E-state index contributed by atoms with van der Waals surface area (Å²) in [5.41, 5.74) is 4.34. The van der Waals surface area contributed by atoms with Gasteiger partial charge >= 0.3 is 30.0 Å². The van der Waals surface area contributed by atoms with Gasteiger partial charge in [-0.1, -0.05) is 48.5 Å². The number of nitrogens with one attached hydrogen (secondary N) is 1. The number of esters is 4. The highest BCUT2D eigenvalue weighted by molar-refractivity contribution is 5.79. The van der Waals surface area contributed by atoms with Crippen LogP contribution in [-0.4, -0.2) is 87.5 Å². The molecule has 1 fully saturated rings. The maximum absolute atomic E-state index is 12.5. The molecule has 0 bridgehead atoms. The zero-order valence-corrected chi connectivity index (χ0v) is 24.1. The van der Waals surface area contributed by atoms with Gasteiger partial charge in [0.25, 0.3) is 0 Å². The molecule has 1 saturated heterocycles. The molecular weight excluding hydrogens is 566 g/mol. The summed E-state index contributed by atoms with van der Waals surface area (Å²) in [6.07, 6.45) is -8.13. The summed E-state index contributed by atoms with van der Waals surface area (Å²) in [7, 11) is 1.09. The minimum Gasteiger partial charge on any atom is -0.467 e. The van der Waals surface area contributed by atoms with Gasteiger partial charge in [0.1, 0.15) is 6.61 Å². The van der Waals surface area contributed by atoms with Crippen molar-refractivity contribution in [3.8, 4) is 11.1 Å². The molecule has 1 amide bonds. The highest BCUT2D eigenvalue weighted by Gasteiger charge is 2.55. The first-order valence-electron chi connectivity index (χ1n) is 13.6. The smallest absolute Gasteiger partial charge is 0.407 e. The zero-order valence-electron chi connectivity index (χ0n) is 24.1. The van der Waals surface area contributed by atoms with Crippen LogP contribution < -0.4 is 5.32 Å². The van der Waals surface area contributed by atoms with Crippen molar-refractivity contribution in [2.24, 2.45) is 0 Å². The Morgan fingerprint density at radius 1 is 0.767 bits per heavy atom. The normalized spacial score (nSPS) is 22.4. The van der Waals surface area contributed by atoms with Crippen LogP contribution in [0.4, 0.5) is 4.79 Å². The number of ether oxygens (including phenoxy) is 7. The molecule has 13 nitrogen and oxygen atoms in total. The van der Waals surface area contributed by atoms with Crippen molar-refractivity contribution in [2.75, 3.05) is 26.9 Å². The van der Waals surface area contributed by atoms with Crippen LogP contribution in [0.1, 0.15) is 37.8 Å². The van der Waals surface area contributed by atoms with Crippen molar-refractivity contribution >= 4 is 30.0 Å². The van der Waals surface area contributed by atoms with Gasteiger partial charge in [-0.3, -0.25) is 14.4 Å². The Kier molecular flexibility index (Phi) is 10.3. The summed E-state index contributed by atoms with van der Waals surface area (Å²) < 4.78 is 37.4. The zero-order chi connectivity index (χ0) is 31.1. The largest absolute Gasteiger partial charge is 0.467 e. The van der Waals surface area contributed by atoms with Crippen LogP contribution in [0.15, 0.2) is 48.5 Å². The molecule has 0 spiro atoms. The summed E-state index contributed by atoms with van der Waals surface area (Å²) in [4.78, 5) is 60.6. The third-order valence-electron chi connectivity index (χ3n) is 6.83. The average molecular weight is 600 g/mol. The van der Waals surface area contributed by atoms with Crippen LogP contribution >= 0.6 is 0 Å². The van der Waals surface area contributed by atoms with E-state index in [1.165, 1.54) is 0 Å². The number of carbonyl (C=O) groups is 5. The number of amides is 1. The lowest BCUT2D eigenvalue weighted by Crippen LogP contribution is -2.64. The van der Waals surface area contributed by atoms with Gasteiger partial charge in [-0.05, 0) is 22.3 Å². The Bertz CT molecular complexity index is 1310. The van der Waals surface area contributed by atoms with E-state index in [9.17, 15) is 24.0 Å². The fraction of sp³-hybridized carbons (Fsp3) is 0.433. The molecule has 0 aromatic heterocycles. The average Bonchev–Trinajstić information content (AvgIpc) is 3.29. The third-order valence-corrected chi connectivity index (χ3v) is 6.83. The predicted octanol–water partition coefficient (Wildman–Crippen LogP) is 2.23. The van der Waals surface area contributed by atoms with Gasteiger partial charge in [0.15, 0.2) is 30.7 Å². The van der Waals surface area contributed by atoms with Crippen molar-refractivity contribution in [1.82, 2.24) is 5.32 Å². The SMILES string of the molecule is COC(=O)C1OC(OCCNC(=O)OCC2c3ccccc3-c3ccccc32)C(OC(C)=O)C(OC(C)=O)[C@@H]1OC(C)=O. The molecule has 4 unspecified atom stereocenters. The number of rotatable bonds is 10. The van der Waals surface area contributed by atoms with Crippen molar-refractivity contribution in [2.45, 2.75) is 57.4 Å². The van der Waals surface area contributed by atoms with Gasteiger partial charge in [0, 0.05) is 33.2 Å². The summed E-state index contributed by atoms with van der Waals surface area (Å²) in [6, 6.07) is 15.9. The van der Waals surface area contributed by atoms with Crippen molar-refractivity contribution in [3.05, 3.63) is 59.7 Å². The molecule has 230 valence electrons. The molecule has 4 rings (SSSR count). The molecule has 2 aromatic carbocycles. The van der Waals surface area contributed by atoms with Gasteiger partial charge in [-0.2, -0.15) is 0 Å². The first kappa shape index (κ1) is 31.4. The lowest BCUT2D eigenvalue weighted by molar-refractivity contribution is -0.301. The van der Waals surface area contributed by atoms with Crippen molar-refractivity contribution in [1.29, 1.82) is 0 Å². The Balaban J connectivity index is 1.38. The molecule has 1 heterocycles. The summed E-state index contributed by atoms with van der Waals surface area (Å²) in [5.74, 6) is -3.47. The monoisotopic (exact) mass is 599 g/mol. The molecule has 1 N–H and O–H groups in total. The molecule has 5 atom stereocenters. The molecule has 2 aromatic rings. The molecule has 0 radical (unpaired) electrons. The lowest BCUT2D eigenvalue weighted by Gasteiger charge is -2.43. The number of methoxy groups -OCH3 is 1. The topological polar surface area (TPSA) is 162 Å². The number of alkyl carbamates (subject to hydrolysis) is 1. The van der Waals surface area contributed by atoms with Gasteiger partial charge in [0.05, 0.1) is 13.7 Å². The fourth-order valence-electron chi connectivity index (χ4n) is 5.19. The van der Waals surface area contributed by atoms with Crippen LogP contribution in [0.3, 0.4) is 0 Å². The third kappa shape index (κ3) is 7.48. The summed E-state index contributed by atoms with van der Waals surface area (Å²) >= 11 is 0. The van der Waals surface area contributed by atoms with Gasteiger partial charge < -0.3 is 38.5 Å². The summed E-state index contributed by atoms with van der Waals surface area (Å²) in [5, 5.41) is 2.58. The molecule has 2 aliphatic rings. The van der Waals surface area contributed by atoms with Crippen LogP contribution in [0.2, 0.25) is 0 Å². The minimum absolute atomic E-state index is 0.0577. The number of carbonyl (C=O) groups excluding carboxylic acids is 5. The molecule has 13 heteroatoms. The van der Waals surface area contributed by atoms with Crippen LogP contribution in [0, 0.1) is 0 Å². The Labute approximate surface area is 247 Å². The highest BCUT2D eigenvalue weighted by atomic mass is 16.7. The highest BCUT2D eigenvalue weighted by Crippen LogP contribution is 2.44. The quantitative estimate of drug-likeness (QED) is 0.241. The second-order valence-electron chi connectivity index (χ2n) is 9.79. The van der Waals surface area contributed by atoms with Gasteiger partial charge in [-0.15, -0.1) is 0 Å². The van der Waals surface area contributed by atoms with E-state index in [0.29, 0.717) is 0 Å². The van der Waals surface area contributed by atoms with Crippen LogP contribution in [-0.2, 0) is 52.3 Å². The molecule has 1 aliphatic heterocycles. The predicted molar refractivity (Wildman–Crippen MR) is 146 cm³/mol. The first-order chi connectivity index (χ1) is 20.6. The van der Waals surface area contributed by atoms with Crippen LogP contribution in [0.5, 0.6) is 0 Å². The number of hydrogen-bond acceptors (Lipinski definition) is 12. The van der Waals surface area contributed by atoms with E-state index in [1.54, 1.807) is 0 Å². The Morgan fingerprint density at radius 3 is 1.86 bits per heavy atom. The minimum atomic E-state index is -1.58. The van der Waals surface area contributed by atoms with Crippen molar-refractivity contribution in [3.63, 3.8) is 0 Å². The first-order valence-corrected chi connectivity index (χ1v) is 13.6. The van der Waals surface area contributed by atoms with E-state index in [4.69, 9.17) is 33.2 Å². The molecule has 43 heavy (non-hydrogen) atoms. The molecule has 1 aliphatic carbocycles. The van der Waals surface area contributed by atoms with E-state index >= 15 is 0 Å². The van der Waals surface area contributed by atoms with Gasteiger partial charge in [0.2, 0.25) is 0 Å². The van der Waals surface area contributed by atoms with Gasteiger partial charge in [-0.25, -0.2) is 9.59 Å². The van der Waals surface area contributed by atoms with E-state index in [-0.39, 0.29) is 25.7 Å². The fourth-order valence-corrected chi connectivity index (χ4v) is 5.19.